The predicted octanol–water partition coefficient (Wildman–Crippen LogP) is 2.26. The molecule has 0 radical (unpaired) electrons. The van der Waals surface area contributed by atoms with E-state index in [1.165, 1.54) is 12.8 Å². The van der Waals surface area contributed by atoms with Crippen LogP contribution in [0.15, 0.2) is 24.4 Å². The number of rotatable bonds is 4. The Morgan fingerprint density at radius 1 is 1.44 bits per heavy atom. The number of carboxylic acid groups (broad SMARTS) is 1. The van der Waals surface area contributed by atoms with E-state index in [1.54, 1.807) is 25.3 Å². The number of nitrogens with zero attached hydrogens (tertiary/aromatic N) is 2. The summed E-state index contributed by atoms with van der Waals surface area (Å²) in [4.78, 5) is 18.0. The van der Waals surface area contributed by atoms with Gasteiger partial charge in [0.1, 0.15) is 0 Å². The second-order valence-electron chi connectivity index (χ2n) is 5.14. The van der Waals surface area contributed by atoms with Gasteiger partial charge in [0.05, 0.1) is 5.69 Å². The summed E-state index contributed by atoms with van der Waals surface area (Å²) in [5.41, 5.74) is -0.442. The monoisotopic (exact) mass is 248 g/mol. The molecule has 1 N–H and O–H groups in total. The quantitative estimate of drug-likeness (QED) is 0.888. The summed E-state index contributed by atoms with van der Waals surface area (Å²) < 4.78 is 0. The zero-order valence-corrected chi connectivity index (χ0v) is 11.0. The standard InChI is InChI=1S/C14H20N2O2/c1-14(13(17)18,12-9-5-6-10-15-12)16(2)11-7-3-4-8-11/h5-6,9-11H,3-4,7-8H2,1-2H3,(H,17,18). The van der Waals surface area contributed by atoms with Crippen molar-refractivity contribution in [1.82, 2.24) is 9.88 Å². The normalized spacial score (nSPS) is 19.9. The minimum atomic E-state index is -1.05. The molecule has 1 unspecified atom stereocenters. The number of aromatic nitrogens is 1. The summed E-state index contributed by atoms with van der Waals surface area (Å²) in [6, 6.07) is 5.78. The van der Waals surface area contributed by atoms with Gasteiger partial charge in [-0.2, -0.15) is 0 Å². The van der Waals surface area contributed by atoms with Crippen LogP contribution in [0.3, 0.4) is 0 Å². The maximum absolute atomic E-state index is 11.7. The lowest BCUT2D eigenvalue weighted by Gasteiger charge is -2.38. The van der Waals surface area contributed by atoms with E-state index < -0.39 is 11.5 Å². The summed E-state index contributed by atoms with van der Waals surface area (Å²) in [7, 11) is 1.90. The number of aliphatic carboxylic acids is 1. The average Bonchev–Trinajstić information content (AvgIpc) is 2.91. The van der Waals surface area contributed by atoms with Gasteiger partial charge in [-0.25, -0.2) is 4.79 Å². The van der Waals surface area contributed by atoms with Crippen molar-refractivity contribution in [2.45, 2.75) is 44.2 Å². The molecule has 1 saturated carbocycles. The number of carboxylic acids is 1. The highest BCUT2D eigenvalue weighted by Crippen LogP contribution is 2.33. The average molecular weight is 248 g/mol. The molecular weight excluding hydrogens is 228 g/mol. The molecule has 18 heavy (non-hydrogen) atoms. The molecule has 0 aromatic carbocycles. The van der Waals surface area contributed by atoms with Gasteiger partial charge < -0.3 is 5.11 Å². The third-order valence-electron chi connectivity index (χ3n) is 4.16. The van der Waals surface area contributed by atoms with E-state index in [9.17, 15) is 9.90 Å². The molecule has 2 rings (SSSR count). The zero-order valence-electron chi connectivity index (χ0n) is 11.0. The van der Waals surface area contributed by atoms with Crippen molar-refractivity contribution in [3.05, 3.63) is 30.1 Å². The van der Waals surface area contributed by atoms with Gasteiger partial charge >= 0.3 is 5.97 Å². The van der Waals surface area contributed by atoms with Crippen LogP contribution in [0, 0.1) is 0 Å². The van der Waals surface area contributed by atoms with Gasteiger partial charge in [-0.05, 0) is 38.9 Å². The molecule has 1 atom stereocenters. The molecule has 0 saturated heterocycles. The fraction of sp³-hybridized carbons (Fsp3) is 0.571. The van der Waals surface area contributed by atoms with Gasteiger partial charge in [-0.15, -0.1) is 0 Å². The fourth-order valence-electron chi connectivity index (χ4n) is 2.75. The van der Waals surface area contributed by atoms with Crippen LogP contribution in [0.4, 0.5) is 0 Å². The van der Waals surface area contributed by atoms with Crippen molar-refractivity contribution in [3.63, 3.8) is 0 Å². The SMILES string of the molecule is CN(C1CCCC1)C(C)(C(=O)O)c1ccccn1. The third kappa shape index (κ3) is 2.12. The first-order valence-electron chi connectivity index (χ1n) is 6.44. The van der Waals surface area contributed by atoms with Crippen LogP contribution >= 0.6 is 0 Å². The molecule has 1 aliphatic carbocycles. The Morgan fingerprint density at radius 2 is 2.11 bits per heavy atom. The number of hydrogen-bond acceptors (Lipinski definition) is 3. The van der Waals surface area contributed by atoms with Crippen molar-refractivity contribution in [3.8, 4) is 0 Å². The fourth-order valence-corrected chi connectivity index (χ4v) is 2.75. The molecule has 0 bridgehead atoms. The summed E-state index contributed by atoms with van der Waals surface area (Å²) in [6.45, 7) is 1.75. The predicted molar refractivity (Wildman–Crippen MR) is 69.2 cm³/mol. The van der Waals surface area contributed by atoms with Gasteiger partial charge in [-0.3, -0.25) is 9.88 Å². The zero-order chi connectivity index (χ0) is 13.2. The smallest absolute Gasteiger partial charge is 0.330 e. The number of likely N-dealkylation sites (N-methyl/N-ethyl adjacent to an activating group) is 1. The lowest BCUT2D eigenvalue weighted by molar-refractivity contribution is -0.152. The van der Waals surface area contributed by atoms with Crippen LogP contribution in [-0.4, -0.2) is 34.0 Å². The van der Waals surface area contributed by atoms with Gasteiger partial charge in [-0.1, -0.05) is 18.9 Å². The highest BCUT2D eigenvalue weighted by atomic mass is 16.4. The Bertz CT molecular complexity index is 415. The highest BCUT2D eigenvalue weighted by Gasteiger charge is 2.44. The van der Waals surface area contributed by atoms with E-state index >= 15 is 0 Å². The topological polar surface area (TPSA) is 53.4 Å². The molecule has 0 spiro atoms. The second kappa shape index (κ2) is 5.06. The van der Waals surface area contributed by atoms with Crippen LogP contribution < -0.4 is 0 Å². The van der Waals surface area contributed by atoms with E-state index in [0.29, 0.717) is 11.7 Å². The van der Waals surface area contributed by atoms with Crippen LogP contribution in [0.1, 0.15) is 38.3 Å². The summed E-state index contributed by atoms with van der Waals surface area (Å²) in [5.74, 6) is -0.837. The maximum Gasteiger partial charge on any atom is 0.330 e. The van der Waals surface area contributed by atoms with E-state index in [4.69, 9.17) is 0 Å². The Kier molecular flexibility index (Phi) is 3.66. The first-order valence-corrected chi connectivity index (χ1v) is 6.44. The molecular formula is C14H20N2O2. The molecule has 4 nitrogen and oxygen atoms in total. The number of carbonyl (C=O) groups is 1. The molecule has 1 heterocycles. The molecule has 0 amide bonds. The van der Waals surface area contributed by atoms with Crippen LogP contribution in [-0.2, 0) is 10.3 Å². The number of hydrogen-bond donors (Lipinski definition) is 1. The van der Waals surface area contributed by atoms with Crippen molar-refractivity contribution < 1.29 is 9.90 Å². The van der Waals surface area contributed by atoms with E-state index in [0.717, 1.165) is 12.8 Å². The minimum absolute atomic E-state index is 0.341. The lowest BCUT2D eigenvalue weighted by Crippen LogP contribution is -2.52. The second-order valence-corrected chi connectivity index (χ2v) is 5.14. The van der Waals surface area contributed by atoms with E-state index in [-0.39, 0.29) is 0 Å². The lowest BCUT2D eigenvalue weighted by atomic mass is 9.93. The first kappa shape index (κ1) is 13.0. The highest BCUT2D eigenvalue weighted by molar-refractivity contribution is 5.79. The first-order chi connectivity index (χ1) is 8.56. The van der Waals surface area contributed by atoms with E-state index in [1.807, 2.05) is 18.0 Å². The molecule has 1 fully saturated rings. The molecule has 4 heteroatoms. The Balaban J connectivity index is 2.34. The van der Waals surface area contributed by atoms with Gasteiger partial charge in [0.15, 0.2) is 5.54 Å². The molecule has 1 aliphatic rings. The Labute approximate surface area is 108 Å². The van der Waals surface area contributed by atoms with Crippen LogP contribution in [0.25, 0.3) is 0 Å². The summed E-state index contributed by atoms with van der Waals surface area (Å²) in [6.07, 6.45) is 6.18. The van der Waals surface area contributed by atoms with Crippen molar-refractivity contribution in [2.75, 3.05) is 7.05 Å². The summed E-state index contributed by atoms with van der Waals surface area (Å²) >= 11 is 0. The van der Waals surface area contributed by atoms with Crippen LogP contribution in [0.2, 0.25) is 0 Å². The number of pyridine rings is 1. The van der Waals surface area contributed by atoms with Crippen molar-refractivity contribution in [2.24, 2.45) is 0 Å². The van der Waals surface area contributed by atoms with Crippen molar-refractivity contribution in [1.29, 1.82) is 0 Å². The van der Waals surface area contributed by atoms with E-state index in [2.05, 4.69) is 4.98 Å². The Morgan fingerprint density at radius 3 is 2.61 bits per heavy atom. The largest absolute Gasteiger partial charge is 0.480 e. The third-order valence-corrected chi connectivity index (χ3v) is 4.16. The summed E-state index contributed by atoms with van der Waals surface area (Å²) in [5, 5.41) is 9.64. The van der Waals surface area contributed by atoms with Gasteiger partial charge in [0.25, 0.3) is 0 Å². The molecule has 1 aromatic rings. The van der Waals surface area contributed by atoms with Crippen LogP contribution in [0.5, 0.6) is 0 Å². The maximum atomic E-state index is 11.7. The molecule has 98 valence electrons. The van der Waals surface area contributed by atoms with Gasteiger partial charge in [0, 0.05) is 12.2 Å². The van der Waals surface area contributed by atoms with Crippen molar-refractivity contribution >= 4 is 5.97 Å². The minimum Gasteiger partial charge on any atom is -0.480 e. The van der Waals surface area contributed by atoms with Gasteiger partial charge in [0.2, 0.25) is 0 Å². The Hall–Kier alpha value is -1.42. The molecule has 0 aliphatic heterocycles. The molecule has 1 aromatic heterocycles.